The topological polar surface area (TPSA) is 44.9 Å². The Kier molecular flexibility index (Phi) is 5.56. The van der Waals surface area contributed by atoms with Gasteiger partial charge >= 0.3 is 0 Å². The van der Waals surface area contributed by atoms with Gasteiger partial charge in [0.15, 0.2) is 5.96 Å². The molecule has 2 N–H and O–H groups in total. The predicted octanol–water partition coefficient (Wildman–Crippen LogP) is 2.19. The Labute approximate surface area is 126 Å². The molecular weight excluding hydrogens is 267 g/mol. The molecule has 21 heavy (non-hydrogen) atoms. The van der Waals surface area contributed by atoms with Crippen molar-refractivity contribution in [3.8, 4) is 0 Å². The van der Waals surface area contributed by atoms with Crippen LogP contribution in [0.2, 0.25) is 0 Å². The van der Waals surface area contributed by atoms with Crippen molar-refractivity contribution in [2.24, 2.45) is 10.7 Å². The molecule has 1 aliphatic heterocycles. The van der Waals surface area contributed by atoms with Crippen LogP contribution < -0.4 is 5.73 Å². The number of hydrogen-bond acceptors (Lipinski definition) is 2. The van der Waals surface area contributed by atoms with Crippen LogP contribution in [0.25, 0.3) is 0 Å². The lowest BCUT2D eigenvalue weighted by Gasteiger charge is -2.27. The van der Waals surface area contributed by atoms with Crippen molar-refractivity contribution in [1.29, 1.82) is 0 Å². The van der Waals surface area contributed by atoms with Crippen LogP contribution in [0.4, 0.5) is 4.39 Å². The van der Waals surface area contributed by atoms with Crippen LogP contribution in [-0.4, -0.2) is 42.9 Å². The zero-order chi connectivity index (χ0) is 15.2. The van der Waals surface area contributed by atoms with Crippen molar-refractivity contribution < 1.29 is 4.39 Å². The summed E-state index contributed by atoms with van der Waals surface area (Å²) in [6, 6.07) is 5.17. The van der Waals surface area contributed by atoms with Gasteiger partial charge in [0.05, 0.1) is 6.54 Å². The minimum Gasteiger partial charge on any atom is -0.370 e. The average molecular weight is 292 g/mol. The van der Waals surface area contributed by atoms with Gasteiger partial charge in [0.1, 0.15) is 5.82 Å². The molecule has 0 spiro atoms. The van der Waals surface area contributed by atoms with Gasteiger partial charge in [0.2, 0.25) is 0 Å². The van der Waals surface area contributed by atoms with Gasteiger partial charge in [-0.05, 0) is 51.1 Å². The first kappa shape index (κ1) is 15.8. The second-order valence-corrected chi connectivity index (χ2v) is 5.89. The zero-order valence-corrected chi connectivity index (χ0v) is 13.0. The molecule has 0 atom stereocenters. The Bertz CT molecular complexity index is 493. The lowest BCUT2D eigenvalue weighted by atomic mass is 10.1. The van der Waals surface area contributed by atoms with Gasteiger partial charge in [-0.2, -0.15) is 0 Å². The van der Waals surface area contributed by atoms with E-state index in [4.69, 9.17) is 5.73 Å². The Morgan fingerprint density at radius 2 is 2.00 bits per heavy atom. The molecule has 1 aliphatic rings. The Morgan fingerprint density at radius 1 is 1.29 bits per heavy atom. The standard InChI is InChI=1S/C16H25FN4/c1-20(2)12-14-10-13(6-7-15(14)17)11-19-16(18)21-8-4-3-5-9-21/h6-7,10H,3-5,8-9,11-12H2,1-2H3,(H2,18,19). The summed E-state index contributed by atoms with van der Waals surface area (Å²) in [6.07, 6.45) is 3.63. The summed E-state index contributed by atoms with van der Waals surface area (Å²) >= 11 is 0. The van der Waals surface area contributed by atoms with E-state index in [1.807, 2.05) is 25.1 Å². The molecule has 116 valence electrons. The summed E-state index contributed by atoms with van der Waals surface area (Å²) in [4.78, 5) is 8.54. The highest BCUT2D eigenvalue weighted by atomic mass is 19.1. The highest BCUT2D eigenvalue weighted by Crippen LogP contribution is 2.14. The van der Waals surface area contributed by atoms with Crippen molar-refractivity contribution in [2.45, 2.75) is 32.4 Å². The molecule has 1 saturated heterocycles. The van der Waals surface area contributed by atoms with E-state index in [0.717, 1.165) is 18.7 Å². The van der Waals surface area contributed by atoms with Crippen LogP contribution >= 0.6 is 0 Å². The molecule has 1 heterocycles. The van der Waals surface area contributed by atoms with Crippen molar-refractivity contribution in [3.05, 3.63) is 35.1 Å². The second-order valence-electron chi connectivity index (χ2n) is 5.89. The first-order chi connectivity index (χ1) is 10.1. The normalized spacial score (nSPS) is 16.6. The number of piperidine rings is 1. The largest absolute Gasteiger partial charge is 0.370 e. The maximum absolute atomic E-state index is 13.7. The van der Waals surface area contributed by atoms with E-state index in [2.05, 4.69) is 9.89 Å². The smallest absolute Gasteiger partial charge is 0.191 e. The van der Waals surface area contributed by atoms with Gasteiger partial charge in [0.25, 0.3) is 0 Å². The van der Waals surface area contributed by atoms with E-state index in [1.165, 1.54) is 25.3 Å². The third-order valence-corrected chi connectivity index (χ3v) is 3.70. The number of nitrogens with zero attached hydrogens (tertiary/aromatic N) is 3. The minimum atomic E-state index is -0.166. The summed E-state index contributed by atoms with van der Waals surface area (Å²) in [6.45, 7) is 3.07. The maximum atomic E-state index is 13.7. The van der Waals surface area contributed by atoms with Crippen LogP contribution in [0.1, 0.15) is 30.4 Å². The molecule has 1 aromatic rings. The highest BCUT2D eigenvalue weighted by Gasteiger charge is 2.11. The Morgan fingerprint density at radius 3 is 2.67 bits per heavy atom. The van der Waals surface area contributed by atoms with Crippen molar-refractivity contribution in [2.75, 3.05) is 27.2 Å². The van der Waals surface area contributed by atoms with E-state index in [1.54, 1.807) is 6.07 Å². The zero-order valence-electron chi connectivity index (χ0n) is 13.0. The van der Waals surface area contributed by atoms with E-state index < -0.39 is 0 Å². The fourth-order valence-corrected chi connectivity index (χ4v) is 2.58. The van der Waals surface area contributed by atoms with Crippen LogP contribution in [0.3, 0.4) is 0 Å². The molecule has 1 fully saturated rings. The van der Waals surface area contributed by atoms with E-state index in [0.29, 0.717) is 24.6 Å². The number of rotatable bonds is 4. The van der Waals surface area contributed by atoms with Gasteiger partial charge in [0, 0.05) is 25.2 Å². The van der Waals surface area contributed by atoms with E-state index in [9.17, 15) is 4.39 Å². The molecule has 0 aliphatic carbocycles. The molecule has 1 aromatic carbocycles. The first-order valence-electron chi connectivity index (χ1n) is 7.53. The summed E-state index contributed by atoms with van der Waals surface area (Å²) in [7, 11) is 3.86. The molecule has 0 aromatic heterocycles. The Balaban J connectivity index is 2.01. The number of guanidine groups is 1. The van der Waals surface area contributed by atoms with Crippen molar-refractivity contribution in [1.82, 2.24) is 9.80 Å². The van der Waals surface area contributed by atoms with Crippen LogP contribution in [-0.2, 0) is 13.1 Å². The predicted molar refractivity (Wildman–Crippen MR) is 84.5 cm³/mol. The number of benzene rings is 1. The third kappa shape index (κ3) is 4.70. The number of halogens is 1. The average Bonchev–Trinajstić information content (AvgIpc) is 2.48. The molecule has 5 heteroatoms. The summed E-state index contributed by atoms with van der Waals surface area (Å²) in [5.41, 5.74) is 7.73. The molecule has 0 bridgehead atoms. The number of likely N-dealkylation sites (tertiary alicyclic amines) is 1. The van der Waals surface area contributed by atoms with Gasteiger partial charge in [-0.25, -0.2) is 9.38 Å². The minimum absolute atomic E-state index is 0.166. The lowest BCUT2D eigenvalue weighted by Crippen LogP contribution is -2.40. The van der Waals surface area contributed by atoms with Crippen molar-refractivity contribution in [3.63, 3.8) is 0 Å². The van der Waals surface area contributed by atoms with Crippen LogP contribution in [0.5, 0.6) is 0 Å². The molecule has 0 radical (unpaired) electrons. The molecule has 2 rings (SSSR count). The molecular formula is C16H25FN4. The van der Waals surface area contributed by atoms with Gasteiger partial charge < -0.3 is 15.5 Å². The Hall–Kier alpha value is -1.62. The SMILES string of the molecule is CN(C)Cc1cc(CN=C(N)N2CCCCC2)ccc1F. The molecule has 0 amide bonds. The maximum Gasteiger partial charge on any atom is 0.191 e. The highest BCUT2D eigenvalue weighted by molar-refractivity contribution is 5.78. The monoisotopic (exact) mass is 292 g/mol. The third-order valence-electron chi connectivity index (χ3n) is 3.70. The molecule has 0 saturated carbocycles. The van der Waals surface area contributed by atoms with Gasteiger partial charge in [-0.3, -0.25) is 0 Å². The lowest BCUT2D eigenvalue weighted by molar-refractivity contribution is 0.338. The fraction of sp³-hybridized carbons (Fsp3) is 0.562. The number of aliphatic imine (C=N–C) groups is 1. The van der Waals surface area contributed by atoms with Crippen molar-refractivity contribution >= 4 is 5.96 Å². The van der Waals surface area contributed by atoms with E-state index >= 15 is 0 Å². The second kappa shape index (κ2) is 7.41. The summed E-state index contributed by atoms with van der Waals surface area (Å²) in [5.74, 6) is 0.439. The van der Waals surface area contributed by atoms with Gasteiger partial charge in [-0.15, -0.1) is 0 Å². The van der Waals surface area contributed by atoms with Crippen LogP contribution in [0, 0.1) is 5.82 Å². The van der Waals surface area contributed by atoms with Gasteiger partial charge in [-0.1, -0.05) is 6.07 Å². The number of hydrogen-bond donors (Lipinski definition) is 1. The van der Waals surface area contributed by atoms with E-state index in [-0.39, 0.29) is 5.82 Å². The summed E-state index contributed by atoms with van der Waals surface area (Å²) in [5, 5.41) is 0. The quantitative estimate of drug-likeness (QED) is 0.683. The number of nitrogens with two attached hydrogens (primary N) is 1. The molecule has 0 unspecified atom stereocenters. The van der Waals surface area contributed by atoms with Crippen LogP contribution in [0.15, 0.2) is 23.2 Å². The summed E-state index contributed by atoms with van der Waals surface area (Å²) < 4.78 is 13.7. The first-order valence-corrected chi connectivity index (χ1v) is 7.53. The fourth-order valence-electron chi connectivity index (χ4n) is 2.58. The molecule has 4 nitrogen and oxygen atoms in total.